The molecule has 0 saturated heterocycles. The molecule has 2 aromatic carbocycles. The van der Waals surface area contributed by atoms with Crippen molar-refractivity contribution in [1.82, 2.24) is 4.57 Å². The summed E-state index contributed by atoms with van der Waals surface area (Å²) in [6.07, 6.45) is 3.03. The molecular formula is C21H23ClN2O. The molecule has 0 fully saturated rings. The smallest absolute Gasteiger partial charge is 0.248 e. The number of nitrogens with zero attached hydrogens (tertiary/aromatic N) is 1. The number of carbonyl (C=O) groups is 1. The molecule has 1 aromatic heterocycles. The lowest BCUT2D eigenvalue weighted by molar-refractivity contribution is 0.100. The minimum Gasteiger partial charge on any atom is -0.366 e. The molecule has 0 aliphatic carbocycles. The minimum atomic E-state index is -0.400. The molecule has 3 nitrogen and oxygen atoms in total. The Kier molecular flexibility index (Phi) is 5.14. The highest BCUT2D eigenvalue weighted by Gasteiger charge is 2.17. The van der Waals surface area contributed by atoms with E-state index in [1.807, 2.05) is 42.5 Å². The average molecular weight is 355 g/mol. The van der Waals surface area contributed by atoms with Gasteiger partial charge in [0.25, 0.3) is 0 Å². The molecule has 25 heavy (non-hydrogen) atoms. The Balaban J connectivity index is 2.24. The van der Waals surface area contributed by atoms with Gasteiger partial charge in [-0.15, -0.1) is 0 Å². The number of amides is 1. The number of aromatic nitrogens is 1. The lowest BCUT2D eigenvalue weighted by Crippen LogP contribution is -2.11. The minimum absolute atomic E-state index is 0.400. The van der Waals surface area contributed by atoms with Gasteiger partial charge in [-0.05, 0) is 42.2 Å². The van der Waals surface area contributed by atoms with E-state index in [1.54, 1.807) is 0 Å². The van der Waals surface area contributed by atoms with Crippen molar-refractivity contribution in [2.45, 2.75) is 39.7 Å². The fourth-order valence-electron chi connectivity index (χ4n) is 3.54. The van der Waals surface area contributed by atoms with E-state index >= 15 is 0 Å². The first kappa shape index (κ1) is 17.6. The van der Waals surface area contributed by atoms with Gasteiger partial charge in [-0.1, -0.05) is 56.1 Å². The number of primary amides is 1. The highest BCUT2D eigenvalue weighted by molar-refractivity contribution is 6.31. The van der Waals surface area contributed by atoms with Crippen LogP contribution in [0.5, 0.6) is 0 Å². The fourth-order valence-corrected chi connectivity index (χ4v) is 3.73. The topological polar surface area (TPSA) is 48.0 Å². The molecule has 0 aliphatic heterocycles. The molecule has 0 saturated carbocycles. The van der Waals surface area contributed by atoms with Gasteiger partial charge in [-0.3, -0.25) is 4.79 Å². The van der Waals surface area contributed by atoms with Crippen molar-refractivity contribution in [3.05, 3.63) is 69.9 Å². The quantitative estimate of drug-likeness (QED) is 0.668. The zero-order valence-corrected chi connectivity index (χ0v) is 15.4. The summed E-state index contributed by atoms with van der Waals surface area (Å²) in [6.45, 7) is 5.05. The maximum atomic E-state index is 11.6. The number of hydrogen-bond donors (Lipinski definition) is 1. The van der Waals surface area contributed by atoms with Crippen LogP contribution in [0, 0.1) is 0 Å². The lowest BCUT2D eigenvalue weighted by atomic mass is 10.0. The molecule has 1 amide bonds. The standard InChI is InChI=1S/C21H23ClN2O/c1-3-7-16-17-11-10-14(21(23)25)12-20(17)24(19(16)4-2)13-15-8-5-6-9-18(15)22/h5-6,8-12H,3-4,7,13H2,1-2H3,(H2,23,25). The van der Waals surface area contributed by atoms with E-state index in [1.165, 1.54) is 16.6 Å². The molecular weight excluding hydrogens is 332 g/mol. The van der Waals surface area contributed by atoms with Crippen LogP contribution in [-0.2, 0) is 19.4 Å². The molecule has 0 spiro atoms. The van der Waals surface area contributed by atoms with Crippen molar-refractivity contribution < 1.29 is 4.79 Å². The normalized spacial score (nSPS) is 11.2. The predicted octanol–water partition coefficient (Wildman–Crippen LogP) is 4.96. The maximum absolute atomic E-state index is 11.6. The molecule has 3 rings (SSSR count). The number of nitrogens with two attached hydrogens (primary N) is 1. The zero-order valence-electron chi connectivity index (χ0n) is 14.7. The van der Waals surface area contributed by atoms with Crippen LogP contribution in [0.15, 0.2) is 42.5 Å². The summed E-state index contributed by atoms with van der Waals surface area (Å²) in [4.78, 5) is 11.6. The van der Waals surface area contributed by atoms with E-state index in [-0.39, 0.29) is 0 Å². The fraction of sp³-hybridized carbons (Fsp3) is 0.286. The first-order valence-electron chi connectivity index (χ1n) is 8.74. The summed E-state index contributed by atoms with van der Waals surface area (Å²) >= 11 is 6.38. The van der Waals surface area contributed by atoms with Crippen molar-refractivity contribution >= 4 is 28.4 Å². The second-order valence-corrected chi connectivity index (χ2v) is 6.71. The SMILES string of the molecule is CCCc1c(CC)n(Cc2ccccc2Cl)c2cc(C(N)=O)ccc12. The first-order valence-corrected chi connectivity index (χ1v) is 9.11. The van der Waals surface area contributed by atoms with Crippen LogP contribution in [0.3, 0.4) is 0 Å². The van der Waals surface area contributed by atoms with E-state index in [2.05, 4.69) is 18.4 Å². The molecule has 0 radical (unpaired) electrons. The molecule has 0 bridgehead atoms. The van der Waals surface area contributed by atoms with Gasteiger partial charge in [0.05, 0.1) is 0 Å². The van der Waals surface area contributed by atoms with Crippen molar-refractivity contribution in [1.29, 1.82) is 0 Å². The Morgan fingerprint density at radius 2 is 1.92 bits per heavy atom. The van der Waals surface area contributed by atoms with Gasteiger partial charge < -0.3 is 10.3 Å². The highest BCUT2D eigenvalue weighted by Crippen LogP contribution is 2.31. The van der Waals surface area contributed by atoms with Gasteiger partial charge in [0.2, 0.25) is 5.91 Å². The Labute approximate surface area is 153 Å². The average Bonchev–Trinajstić information content (AvgIpc) is 2.89. The van der Waals surface area contributed by atoms with Gasteiger partial charge in [-0.2, -0.15) is 0 Å². The Morgan fingerprint density at radius 1 is 1.16 bits per heavy atom. The summed E-state index contributed by atoms with van der Waals surface area (Å²) in [5, 5.41) is 1.96. The highest BCUT2D eigenvalue weighted by atomic mass is 35.5. The molecule has 0 aliphatic rings. The van der Waals surface area contributed by atoms with Gasteiger partial charge in [0.15, 0.2) is 0 Å². The number of hydrogen-bond acceptors (Lipinski definition) is 1. The van der Waals surface area contributed by atoms with Crippen LogP contribution in [0.1, 0.15) is 47.4 Å². The molecule has 1 heterocycles. The third-order valence-corrected chi connectivity index (χ3v) is 5.06. The Hall–Kier alpha value is -2.26. The summed E-state index contributed by atoms with van der Waals surface area (Å²) in [6, 6.07) is 13.7. The second-order valence-electron chi connectivity index (χ2n) is 6.30. The number of benzene rings is 2. The summed E-state index contributed by atoms with van der Waals surface area (Å²) in [7, 11) is 0. The number of carbonyl (C=O) groups excluding carboxylic acids is 1. The van der Waals surface area contributed by atoms with Gasteiger partial charge >= 0.3 is 0 Å². The van der Waals surface area contributed by atoms with Crippen LogP contribution < -0.4 is 5.73 Å². The molecule has 0 unspecified atom stereocenters. The Morgan fingerprint density at radius 3 is 2.56 bits per heavy atom. The lowest BCUT2D eigenvalue weighted by Gasteiger charge is -2.12. The van der Waals surface area contributed by atoms with Crippen LogP contribution in [0.25, 0.3) is 10.9 Å². The molecule has 0 atom stereocenters. The second kappa shape index (κ2) is 7.32. The number of fused-ring (bicyclic) bond motifs is 1. The number of halogens is 1. The molecule has 4 heteroatoms. The zero-order chi connectivity index (χ0) is 18.0. The number of rotatable bonds is 6. The van der Waals surface area contributed by atoms with E-state index in [4.69, 9.17) is 17.3 Å². The molecule has 3 aromatic rings. The molecule has 2 N–H and O–H groups in total. The van der Waals surface area contributed by atoms with Crippen LogP contribution >= 0.6 is 11.6 Å². The summed E-state index contributed by atoms with van der Waals surface area (Å²) in [5.41, 5.74) is 10.8. The van der Waals surface area contributed by atoms with Crippen molar-refractivity contribution in [3.8, 4) is 0 Å². The monoisotopic (exact) mass is 354 g/mol. The third-order valence-electron chi connectivity index (χ3n) is 4.69. The van der Waals surface area contributed by atoms with E-state index in [0.717, 1.165) is 35.4 Å². The summed E-state index contributed by atoms with van der Waals surface area (Å²) < 4.78 is 2.29. The van der Waals surface area contributed by atoms with E-state index in [0.29, 0.717) is 12.1 Å². The predicted molar refractivity (Wildman–Crippen MR) is 104 cm³/mol. The van der Waals surface area contributed by atoms with Gasteiger partial charge in [0, 0.05) is 33.7 Å². The first-order chi connectivity index (χ1) is 12.1. The van der Waals surface area contributed by atoms with E-state index < -0.39 is 5.91 Å². The van der Waals surface area contributed by atoms with Gasteiger partial charge in [-0.25, -0.2) is 0 Å². The van der Waals surface area contributed by atoms with Crippen molar-refractivity contribution in [2.24, 2.45) is 5.73 Å². The van der Waals surface area contributed by atoms with Gasteiger partial charge in [0.1, 0.15) is 0 Å². The maximum Gasteiger partial charge on any atom is 0.248 e. The third kappa shape index (κ3) is 3.29. The van der Waals surface area contributed by atoms with E-state index in [9.17, 15) is 4.79 Å². The van der Waals surface area contributed by atoms with Crippen molar-refractivity contribution in [3.63, 3.8) is 0 Å². The summed E-state index contributed by atoms with van der Waals surface area (Å²) in [5.74, 6) is -0.400. The molecule has 130 valence electrons. The van der Waals surface area contributed by atoms with Crippen LogP contribution in [0.2, 0.25) is 5.02 Å². The van der Waals surface area contributed by atoms with Crippen LogP contribution in [-0.4, -0.2) is 10.5 Å². The van der Waals surface area contributed by atoms with Crippen molar-refractivity contribution in [2.75, 3.05) is 0 Å². The number of aryl methyl sites for hydroxylation is 1. The largest absolute Gasteiger partial charge is 0.366 e. The Bertz CT molecular complexity index is 927. The van der Waals surface area contributed by atoms with Crippen LogP contribution in [0.4, 0.5) is 0 Å².